The number of hydrogen-bond donors (Lipinski definition) is 1. The van der Waals surface area contributed by atoms with E-state index in [1.54, 1.807) is 0 Å². The van der Waals surface area contributed by atoms with Crippen molar-refractivity contribution in [2.24, 2.45) is 5.73 Å². The van der Waals surface area contributed by atoms with Crippen LogP contribution in [0, 0.1) is 0 Å². The van der Waals surface area contributed by atoms with Gasteiger partial charge in [-0.1, -0.05) is 0 Å². The molecule has 1 aromatic rings. The van der Waals surface area contributed by atoms with E-state index < -0.39 is 17.7 Å². The molecule has 1 saturated heterocycles. The second kappa shape index (κ2) is 5.84. The molecule has 2 N–H and O–H groups in total. The van der Waals surface area contributed by atoms with Crippen molar-refractivity contribution in [1.82, 2.24) is 14.9 Å². The van der Waals surface area contributed by atoms with Crippen molar-refractivity contribution >= 4 is 0 Å². The van der Waals surface area contributed by atoms with Crippen LogP contribution in [0.2, 0.25) is 0 Å². The van der Waals surface area contributed by atoms with Gasteiger partial charge in [-0.2, -0.15) is 8.78 Å². The fourth-order valence-corrected chi connectivity index (χ4v) is 2.40. The third-order valence-corrected chi connectivity index (χ3v) is 3.64. The molecule has 2 rings (SSSR count). The summed E-state index contributed by atoms with van der Waals surface area (Å²) in [5, 5.41) is 0. The molecule has 0 aliphatic carbocycles. The van der Waals surface area contributed by atoms with Crippen LogP contribution in [0.25, 0.3) is 0 Å². The minimum Gasteiger partial charge on any atom is -0.329 e. The van der Waals surface area contributed by atoms with Crippen LogP contribution in [0.1, 0.15) is 37.2 Å². The number of alkyl halides is 4. The maximum absolute atomic E-state index is 13.2. The van der Waals surface area contributed by atoms with Gasteiger partial charge in [-0.15, -0.1) is 0 Å². The van der Waals surface area contributed by atoms with Gasteiger partial charge in [0, 0.05) is 57.4 Å². The third kappa shape index (κ3) is 3.88. The van der Waals surface area contributed by atoms with E-state index >= 15 is 0 Å². The Morgan fingerprint density at radius 2 is 1.81 bits per heavy atom. The molecule has 1 aromatic heterocycles. The Hall–Kier alpha value is -1.28. The van der Waals surface area contributed by atoms with Gasteiger partial charge < -0.3 is 5.73 Å². The van der Waals surface area contributed by atoms with E-state index in [1.165, 1.54) is 12.4 Å². The van der Waals surface area contributed by atoms with E-state index in [0.29, 0.717) is 5.56 Å². The van der Waals surface area contributed by atoms with Crippen LogP contribution in [0.15, 0.2) is 12.4 Å². The summed E-state index contributed by atoms with van der Waals surface area (Å²) < 4.78 is 52.5. The SMILES string of the molecule is CC(F)(F)c1ncc(C(CN)N2CCC(F)(F)CC2)cn1. The molecule has 21 heavy (non-hydrogen) atoms. The van der Waals surface area contributed by atoms with E-state index in [9.17, 15) is 17.6 Å². The molecule has 0 aromatic carbocycles. The zero-order valence-electron chi connectivity index (χ0n) is 11.7. The van der Waals surface area contributed by atoms with Crippen molar-refractivity contribution in [2.75, 3.05) is 19.6 Å². The molecule has 0 spiro atoms. The Labute approximate surface area is 120 Å². The van der Waals surface area contributed by atoms with Crippen molar-refractivity contribution in [3.8, 4) is 0 Å². The molecule has 0 saturated carbocycles. The van der Waals surface area contributed by atoms with Crippen LogP contribution in [0.3, 0.4) is 0 Å². The van der Waals surface area contributed by atoms with Gasteiger partial charge in [0.1, 0.15) is 0 Å². The topological polar surface area (TPSA) is 55.0 Å². The number of halogens is 4. The highest BCUT2D eigenvalue weighted by molar-refractivity contribution is 5.13. The highest BCUT2D eigenvalue weighted by atomic mass is 19.3. The molecule has 0 amide bonds. The van der Waals surface area contributed by atoms with Gasteiger partial charge in [0.25, 0.3) is 5.92 Å². The highest BCUT2D eigenvalue weighted by Gasteiger charge is 2.36. The molecular weight excluding hydrogens is 288 g/mol. The van der Waals surface area contributed by atoms with Gasteiger partial charge in [-0.25, -0.2) is 18.7 Å². The first-order chi connectivity index (χ1) is 9.73. The molecule has 1 unspecified atom stereocenters. The lowest BCUT2D eigenvalue weighted by molar-refractivity contribution is -0.0628. The Bertz CT molecular complexity index is 462. The summed E-state index contributed by atoms with van der Waals surface area (Å²) >= 11 is 0. The summed E-state index contributed by atoms with van der Waals surface area (Å²) in [6.45, 7) is 1.33. The van der Waals surface area contributed by atoms with E-state index in [4.69, 9.17) is 5.73 Å². The van der Waals surface area contributed by atoms with Crippen LogP contribution in [-0.4, -0.2) is 40.4 Å². The summed E-state index contributed by atoms with van der Waals surface area (Å²) in [7, 11) is 0. The molecule has 1 atom stereocenters. The molecule has 0 radical (unpaired) electrons. The Balaban J connectivity index is 2.11. The van der Waals surface area contributed by atoms with Gasteiger partial charge in [-0.3, -0.25) is 4.90 Å². The second-order valence-electron chi connectivity index (χ2n) is 5.37. The average Bonchev–Trinajstić information content (AvgIpc) is 2.41. The number of aromatic nitrogens is 2. The Kier molecular flexibility index (Phi) is 4.48. The molecule has 1 aliphatic heterocycles. The first-order valence-electron chi connectivity index (χ1n) is 6.75. The normalized spacial score (nSPS) is 21.2. The number of likely N-dealkylation sites (tertiary alicyclic amines) is 1. The quantitative estimate of drug-likeness (QED) is 0.867. The van der Waals surface area contributed by atoms with Gasteiger partial charge in [-0.05, 0) is 0 Å². The van der Waals surface area contributed by atoms with Crippen molar-refractivity contribution in [1.29, 1.82) is 0 Å². The molecular formula is C13H18F4N4. The van der Waals surface area contributed by atoms with Crippen LogP contribution in [-0.2, 0) is 5.92 Å². The maximum atomic E-state index is 13.2. The molecule has 1 fully saturated rings. The van der Waals surface area contributed by atoms with Gasteiger partial charge in [0.05, 0.1) is 6.04 Å². The largest absolute Gasteiger partial charge is 0.329 e. The van der Waals surface area contributed by atoms with Gasteiger partial charge in [0.15, 0.2) is 5.82 Å². The first-order valence-corrected chi connectivity index (χ1v) is 6.75. The fraction of sp³-hybridized carbons (Fsp3) is 0.692. The lowest BCUT2D eigenvalue weighted by Crippen LogP contribution is -2.43. The lowest BCUT2D eigenvalue weighted by Gasteiger charge is -2.36. The standard InChI is InChI=1S/C13H18F4N4/c1-12(14,15)11-19-7-9(8-20-11)10(6-18)21-4-2-13(16,17)3-5-21/h7-8,10H,2-6,18H2,1H3. The van der Waals surface area contributed by atoms with E-state index in [0.717, 1.165) is 6.92 Å². The lowest BCUT2D eigenvalue weighted by atomic mass is 10.0. The zero-order chi connectivity index (χ0) is 15.7. The van der Waals surface area contributed by atoms with Crippen molar-refractivity contribution in [3.63, 3.8) is 0 Å². The van der Waals surface area contributed by atoms with E-state index in [-0.39, 0.29) is 38.5 Å². The number of rotatable bonds is 4. The maximum Gasteiger partial charge on any atom is 0.303 e. The number of nitrogens with zero attached hydrogens (tertiary/aromatic N) is 3. The summed E-state index contributed by atoms with van der Waals surface area (Å²) in [6.07, 6.45) is 2.14. The molecule has 118 valence electrons. The summed E-state index contributed by atoms with van der Waals surface area (Å²) in [5.74, 6) is -6.31. The summed E-state index contributed by atoms with van der Waals surface area (Å²) in [4.78, 5) is 9.12. The Morgan fingerprint density at radius 1 is 1.29 bits per heavy atom. The monoisotopic (exact) mass is 306 g/mol. The number of hydrogen-bond acceptors (Lipinski definition) is 4. The molecule has 8 heteroatoms. The minimum atomic E-state index is -3.11. The minimum absolute atomic E-state index is 0.191. The average molecular weight is 306 g/mol. The van der Waals surface area contributed by atoms with Crippen molar-refractivity contribution in [3.05, 3.63) is 23.8 Å². The van der Waals surface area contributed by atoms with E-state index in [2.05, 4.69) is 9.97 Å². The van der Waals surface area contributed by atoms with Crippen LogP contribution in [0.5, 0.6) is 0 Å². The summed E-state index contributed by atoms with van der Waals surface area (Å²) in [6, 6.07) is -0.333. The predicted octanol–water partition coefficient (Wildman–Crippen LogP) is 2.32. The molecule has 2 heterocycles. The van der Waals surface area contributed by atoms with Crippen LogP contribution in [0.4, 0.5) is 17.6 Å². The number of nitrogens with two attached hydrogens (primary N) is 1. The van der Waals surface area contributed by atoms with Gasteiger partial charge in [0.2, 0.25) is 0 Å². The first kappa shape index (κ1) is 16.1. The smallest absolute Gasteiger partial charge is 0.303 e. The van der Waals surface area contributed by atoms with E-state index in [1.807, 2.05) is 4.90 Å². The molecule has 4 nitrogen and oxygen atoms in total. The third-order valence-electron chi connectivity index (χ3n) is 3.64. The summed E-state index contributed by atoms with van der Waals surface area (Å²) in [5.41, 5.74) is 6.26. The van der Waals surface area contributed by atoms with Crippen molar-refractivity contribution < 1.29 is 17.6 Å². The van der Waals surface area contributed by atoms with Gasteiger partial charge >= 0.3 is 5.92 Å². The molecule has 0 bridgehead atoms. The van der Waals surface area contributed by atoms with Crippen molar-refractivity contribution in [2.45, 2.75) is 37.7 Å². The van der Waals surface area contributed by atoms with Crippen LogP contribution >= 0.6 is 0 Å². The highest BCUT2D eigenvalue weighted by Crippen LogP contribution is 2.32. The zero-order valence-corrected chi connectivity index (χ0v) is 11.7. The number of piperidine rings is 1. The second-order valence-corrected chi connectivity index (χ2v) is 5.37. The molecule has 1 aliphatic rings. The fourth-order valence-electron chi connectivity index (χ4n) is 2.40. The van der Waals surface area contributed by atoms with Crippen LogP contribution < -0.4 is 5.73 Å². The Morgan fingerprint density at radius 3 is 2.24 bits per heavy atom. The predicted molar refractivity (Wildman–Crippen MR) is 69.1 cm³/mol.